The molecule has 2 N–H and O–H groups in total. The molecule has 0 unspecified atom stereocenters. The standard InChI is InChI=1S/C14H12N2O2S/c15-10-3-1-4-12(7-10)18-8-11-9-19-14(16-11)13-5-2-6-17-13/h1-7,9H,8,15H2. The van der Waals surface area contributed by atoms with Gasteiger partial charge in [0.05, 0.1) is 12.0 Å². The summed E-state index contributed by atoms with van der Waals surface area (Å²) in [4.78, 5) is 4.46. The number of hydrogen-bond acceptors (Lipinski definition) is 5. The molecule has 2 heterocycles. The number of furan rings is 1. The van der Waals surface area contributed by atoms with Crippen LogP contribution in [0.25, 0.3) is 10.8 Å². The summed E-state index contributed by atoms with van der Waals surface area (Å²) >= 11 is 1.54. The Bertz CT molecular complexity index is 662. The normalized spacial score (nSPS) is 10.5. The van der Waals surface area contributed by atoms with E-state index in [9.17, 15) is 0 Å². The van der Waals surface area contributed by atoms with E-state index in [2.05, 4.69) is 4.98 Å². The van der Waals surface area contributed by atoms with Crippen LogP contribution in [0.4, 0.5) is 5.69 Å². The number of nitrogens with zero attached hydrogens (tertiary/aromatic N) is 1. The first-order chi connectivity index (χ1) is 9.31. The molecule has 3 aromatic rings. The van der Waals surface area contributed by atoms with Crippen molar-refractivity contribution < 1.29 is 9.15 Å². The maximum Gasteiger partial charge on any atom is 0.162 e. The Kier molecular flexibility index (Phi) is 3.20. The van der Waals surface area contributed by atoms with Gasteiger partial charge in [0.15, 0.2) is 10.8 Å². The van der Waals surface area contributed by atoms with Crippen molar-refractivity contribution in [2.45, 2.75) is 6.61 Å². The lowest BCUT2D eigenvalue weighted by Gasteiger charge is -2.04. The van der Waals surface area contributed by atoms with Crippen LogP contribution in [0, 0.1) is 0 Å². The summed E-state index contributed by atoms with van der Waals surface area (Å²) in [6, 6.07) is 11.1. The van der Waals surface area contributed by atoms with Crippen LogP contribution in [-0.4, -0.2) is 4.98 Å². The highest BCUT2D eigenvalue weighted by Gasteiger charge is 2.07. The molecule has 5 heteroatoms. The van der Waals surface area contributed by atoms with E-state index in [0.29, 0.717) is 12.3 Å². The second kappa shape index (κ2) is 5.16. The molecule has 2 aromatic heterocycles. The molecule has 0 atom stereocenters. The molecule has 4 nitrogen and oxygen atoms in total. The molecule has 96 valence electrons. The quantitative estimate of drug-likeness (QED) is 0.738. The topological polar surface area (TPSA) is 61.3 Å². The molecule has 1 aromatic carbocycles. The minimum absolute atomic E-state index is 0.417. The summed E-state index contributed by atoms with van der Waals surface area (Å²) in [5, 5.41) is 2.82. The van der Waals surface area contributed by atoms with Gasteiger partial charge in [-0.3, -0.25) is 0 Å². The first-order valence-electron chi connectivity index (χ1n) is 5.78. The van der Waals surface area contributed by atoms with Gasteiger partial charge in [-0.15, -0.1) is 11.3 Å². The minimum Gasteiger partial charge on any atom is -0.487 e. The largest absolute Gasteiger partial charge is 0.487 e. The molecular weight excluding hydrogens is 260 g/mol. The highest BCUT2D eigenvalue weighted by molar-refractivity contribution is 7.13. The molecule has 0 saturated carbocycles. The zero-order valence-corrected chi connectivity index (χ0v) is 10.9. The number of nitrogen functional groups attached to an aromatic ring is 1. The predicted molar refractivity (Wildman–Crippen MR) is 75.0 cm³/mol. The van der Waals surface area contributed by atoms with Gasteiger partial charge in [0.25, 0.3) is 0 Å². The van der Waals surface area contributed by atoms with Crippen molar-refractivity contribution in [3.63, 3.8) is 0 Å². The van der Waals surface area contributed by atoms with Crippen LogP contribution >= 0.6 is 11.3 Å². The van der Waals surface area contributed by atoms with Gasteiger partial charge in [0.2, 0.25) is 0 Å². The number of thiazole rings is 1. The van der Waals surface area contributed by atoms with Gasteiger partial charge in [0, 0.05) is 17.1 Å². The van der Waals surface area contributed by atoms with Gasteiger partial charge >= 0.3 is 0 Å². The molecule has 0 aliphatic carbocycles. The van der Waals surface area contributed by atoms with Gasteiger partial charge < -0.3 is 14.9 Å². The molecule has 0 saturated heterocycles. The lowest BCUT2D eigenvalue weighted by atomic mass is 10.3. The summed E-state index contributed by atoms with van der Waals surface area (Å²) in [7, 11) is 0. The average molecular weight is 272 g/mol. The fourth-order valence-corrected chi connectivity index (χ4v) is 2.42. The summed E-state index contributed by atoms with van der Waals surface area (Å²) < 4.78 is 10.9. The third-order valence-electron chi connectivity index (χ3n) is 2.53. The van der Waals surface area contributed by atoms with Crippen LogP contribution in [0.3, 0.4) is 0 Å². The molecule has 0 aliphatic rings. The van der Waals surface area contributed by atoms with Gasteiger partial charge in [0.1, 0.15) is 12.4 Å². The van der Waals surface area contributed by atoms with Crippen molar-refractivity contribution in [3.8, 4) is 16.5 Å². The summed E-state index contributed by atoms with van der Waals surface area (Å²) in [6.07, 6.45) is 1.64. The van der Waals surface area contributed by atoms with Crippen LogP contribution in [0.2, 0.25) is 0 Å². The van der Waals surface area contributed by atoms with Gasteiger partial charge in [-0.05, 0) is 24.3 Å². The molecule has 0 bridgehead atoms. The zero-order valence-electron chi connectivity index (χ0n) is 10.1. The number of rotatable bonds is 4. The fourth-order valence-electron chi connectivity index (χ4n) is 1.65. The van der Waals surface area contributed by atoms with Crippen molar-refractivity contribution in [1.82, 2.24) is 4.98 Å². The van der Waals surface area contributed by atoms with Gasteiger partial charge in [-0.2, -0.15) is 0 Å². The lowest BCUT2D eigenvalue weighted by Crippen LogP contribution is -1.96. The van der Waals surface area contributed by atoms with E-state index >= 15 is 0 Å². The Balaban J connectivity index is 1.68. The highest BCUT2D eigenvalue weighted by atomic mass is 32.1. The van der Waals surface area contributed by atoms with Crippen molar-refractivity contribution in [1.29, 1.82) is 0 Å². The second-order valence-corrected chi connectivity index (χ2v) is 4.84. The third-order valence-corrected chi connectivity index (χ3v) is 3.43. The van der Waals surface area contributed by atoms with Crippen LogP contribution in [-0.2, 0) is 6.61 Å². The smallest absolute Gasteiger partial charge is 0.162 e. The van der Waals surface area contributed by atoms with Crippen molar-refractivity contribution in [2.75, 3.05) is 5.73 Å². The van der Waals surface area contributed by atoms with Crippen LogP contribution in [0.1, 0.15) is 5.69 Å². The molecule has 0 fully saturated rings. The molecule has 0 amide bonds. The van der Waals surface area contributed by atoms with Crippen molar-refractivity contribution in [2.24, 2.45) is 0 Å². The van der Waals surface area contributed by atoms with Crippen LogP contribution in [0.5, 0.6) is 5.75 Å². The van der Waals surface area contributed by atoms with Gasteiger partial charge in [-0.25, -0.2) is 4.98 Å². The summed E-state index contributed by atoms with van der Waals surface area (Å²) in [6.45, 7) is 0.417. The Labute approximate surface area is 114 Å². The maximum atomic E-state index is 5.69. The Morgan fingerprint density at radius 3 is 3.00 bits per heavy atom. The molecule has 0 radical (unpaired) electrons. The van der Waals surface area contributed by atoms with E-state index in [4.69, 9.17) is 14.9 Å². The summed E-state index contributed by atoms with van der Waals surface area (Å²) in [5.74, 6) is 1.52. The van der Waals surface area contributed by atoms with E-state index in [1.807, 2.05) is 35.7 Å². The molecule has 3 rings (SSSR count). The van der Waals surface area contributed by atoms with Crippen molar-refractivity contribution in [3.05, 3.63) is 53.7 Å². The lowest BCUT2D eigenvalue weighted by molar-refractivity contribution is 0.302. The Hall–Kier alpha value is -2.27. The third kappa shape index (κ3) is 2.77. The monoisotopic (exact) mass is 272 g/mol. The molecule has 19 heavy (non-hydrogen) atoms. The summed E-state index contributed by atoms with van der Waals surface area (Å²) in [5.41, 5.74) is 7.25. The molecule has 0 spiro atoms. The average Bonchev–Trinajstić information content (AvgIpc) is 3.07. The van der Waals surface area contributed by atoms with Crippen molar-refractivity contribution >= 4 is 17.0 Å². The van der Waals surface area contributed by atoms with Crippen LogP contribution in [0.15, 0.2) is 52.5 Å². The van der Waals surface area contributed by atoms with E-state index in [1.165, 1.54) is 11.3 Å². The number of ether oxygens (including phenoxy) is 1. The first-order valence-corrected chi connectivity index (χ1v) is 6.66. The Morgan fingerprint density at radius 1 is 1.26 bits per heavy atom. The fraction of sp³-hybridized carbons (Fsp3) is 0.0714. The van der Waals surface area contributed by atoms with Crippen LogP contribution < -0.4 is 10.5 Å². The van der Waals surface area contributed by atoms with Gasteiger partial charge in [-0.1, -0.05) is 6.07 Å². The van der Waals surface area contributed by atoms with E-state index in [1.54, 1.807) is 12.3 Å². The van der Waals surface area contributed by atoms with E-state index in [-0.39, 0.29) is 0 Å². The van der Waals surface area contributed by atoms with E-state index in [0.717, 1.165) is 22.2 Å². The SMILES string of the molecule is Nc1cccc(OCc2csc(-c3ccco3)n2)c1. The number of benzene rings is 1. The van der Waals surface area contributed by atoms with E-state index < -0.39 is 0 Å². The Morgan fingerprint density at radius 2 is 2.21 bits per heavy atom. The number of anilines is 1. The first kappa shape index (κ1) is 11.8. The second-order valence-electron chi connectivity index (χ2n) is 3.98. The number of hydrogen-bond donors (Lipinski definition) is 1. The zero-order chi connectivity index (χ0) is 13.1. The number of nitrogens with two attached hydrogens (primary N) is 1. The minimum atomic E-state index is 0.417. The predicted octanol–water partition coefficient (Wildman–Crippen LogP) is 3.56. The number of aromatic nitrogens is 1. The maximum absolute atomic E-state index is 5.69. The molecular formula is C14H12N2O2S. The highest BCUT2D eigenvalue weighted by Crippen LogP contribution is 2.24. The molecule has 0 aliphatic heterocycles.